The summed E-state index contributed by atoms with van der Waals surface area (Å²) in [6.07, 6.45) is 1.84. The van der Waals surface area contributed by atoms with Gasteiger partial charge in [-0.1, -0.05) is 43.0 Å². The number of hydrogen-bond acceptors (Lipinski definition) is 1. The van der Waals surface area contributed by atoms with E-state index in [0.29, 0.717) is 12.1 Å². The standard InChI is InChI=1S/C23H29N2O/c1-17(2)23(26)24(14-9-15-25(3,4)5)22-13-8-12-20-19-11-7-6-10-18(19)16-21(20)22/h6-8,10-13H,1,9,14-16H2,2-5H3/q+1. The van der Waals surface area contributed by atoms with Crippen molar-refractivity contribution in [3.63, 3.8) is 0 Å². The minimum Gasteiger partial charge on any atom is -0.331 e. The molecule has 3 nitrogen and oxygen atoms in total. The molecule has 2 aromatic rings. The van der Waals surface area contributed by atoms with Gasteiger partial charge < -0.3 is 9.38 Å². The predicted molar refractivity (Wildman–Crippen MR) is 109 cm³/mol. The van der Waals surface area contributed by atoms with Gasteiger partial charge in [-0.15, -0.1) is 0 Å². The number of fused-ring (bicyclic) bond motifs is 3. The fraction of sp³-hybridized carbons (Fsp3) is 0.348. The van der Waals surface area contributed by atoms with Crippen LogP contribution < -0.4 is 4.90 Å². The Kier molecular flexibility index (Phi) is 5.01. The number of carbonyl (C=O) groups excluding carboxylic acids is 1. The van der Waals surface area contributed by atoms with E-state index in [1.807, 2.05) is 4.90 Å². The van der Waals surface area contributed by atoms with Crippen LogP contribution in [0, 0.1) is 0 Å². The molecular formula is C23H29N2O+. The summed E-state index contributed by atoms with van der Waals surface area (Å²) in [5.74, 6) is 0.0239. The van der Waals surface area contributed by atoms with Crippen molar-refractivity contribution in [2.24, 2.45) is 0 Å². The predicted octanol–water partition coefficient (Wildman–Crippen LogP) is 4.26. The first-order chi connectivity index (χ1) is 12.3. The summed E-state index contributed by atoms with van der Waals surface area (Å²) >= 11 is 0. The van der Waals surface area contributed by atoms with Crippen molar-refractivity contribution in [3.8, 4) is 11.1 Å². The normalized spacial score (nSPS) is 12.5. The molecule has 0 fully saturated rings. The molecule has 1 aliphatic rings. The number of rotatable bonds is 6. The summed E-state index contributed by atoms with van der Waals surface area (Å²) < 4.78 is 0.896. The summed E-state index contributed by atoms with van der Waals surface area (Å²) in [5, 5.41) is 0. The van der Waals surface area contributed by atoms with Gasteiger partial charge in [-0.3, -0.25) is 4.79 Å². The topological polar surface area (TPSA) is 20.3 Å². The largest absolute Gasteiger partial charge is 0.331 e. The van der Waals surface area contributed by atoms with Crippen LogP contribution in [0.5, 0.6) is 0 Å². The van der Waals surface area contributed by atoms with Crippen molar-refractivity contribution >= 4 is 11.6 Å². The first-order valence-electron chi connectivity index (χ1n) is 9.26. The summed E-state index contributed by atoms with van der Waals surface area (Å²) in [6.45, 7) is 7.43. The summed E-state index contributed by atoms with van der Waals surface area (Å²) in [4.78, 5) is 14.8. The van der Waals surface area contributed by atoms with Crippen molar-refractivity contribution in [1.29, 1.82) is 0 Å². The highest BCUT2D eigenvalue weighted by Crippen LogP contribution is 2.41. The number of anilines is 1. The minimum atomic E-state index is 0.0239. The highest BCUT2D eigenvalue weighted by Gasteiger charge is 2.26. The number of nitrogens with zero attached hydrogens (tertiary/aromatic N) is 2. The zero-order chi connectivity index (χ0) is 18.9. The number of quaternary nitrogens is 1. The van der Waals surface area contributed by atoms with Crippen molar-refractivity contribution in [2.75, 3.05) is 39.1 Å². The highest BCUT2D eigenvalue weighted by atomic mass is 16.2. The molecule has 2 aromatic carbocycles. The van der Waals surface area contributed by atoms with E-state index in [4.69, 9.17) is 0 Å². The van der Waals surface area contributed by atoms with Crippen molar-refractivity contribution < 1.29 is 9.28 Å². The van der Waals surface area contributed by atoms with Crippen LogP contribution in [0.2, 0.25) is 0 Å². The zero-order valence-corrected chi connectivity index (χ0v) is 16.4. The van der Waals surface area contributed by atoms with Gasteiger partial charge >= 0.3 is 0 Å². The van der Waals surface area contributed by atoms with E-state index in [1.165, 1.54) is 22.3 Å². The lowest BCUT2D eigenvalue weighted by Gasteiger charge is -2.28. The molecule has 0 aliphatic heterocycles. The Balaban J connectivity index is 1.95. The zero-order valence-electron chi connectivity index (χ0n) is 16.4. The number of amides is 1. The van der Waals surface area contributed by atoms with E-state index in [9.17, 15) is 4.79 Å². The molecule has 0 heterocycles. The quantitative estimate of drug-likeness (QED) is 0.481. The van der Waals surface area contributed by atoms with E-state index >= 15 is 0 Å². The molecule has 1 aliphatic carbocycles. The second kappa shape index (κ2) is 7.08. The Hall–Kier alpha value is -2.39. The fourth-order valence-corrected chi connectivity index (χ4v) is 3.66. The van der Waals surface area contributed by atoms with E-state index < -0.39 is 0 Å². The van der Waals surface area contributed by atoms with Gasteiger partial charge in [-0.2, -0.15) is 0 Å². The average Bonchev–Trinajstić information content (AvgIpc) is 2.96. The van der Waals surface area contributed by atoms with E-state index in [-0.39, 0.29) is 5.91 Å². The van der Waals surface area contributed by atoms with Crippen molar-refractivity contribution in [3.05, 3.63) is 65.7 Å². The molecule has 0 unspecified atom stereocenters. The smallest absolute Gasteiger partial charge is 0.253 e. The molecule has 0 N–H and O–H groups in total. The lowest BCUT2D eigenvalue weighted by molar-refractivity contribution is -0.870. The van der Waals surface area contributed by atoms with Crippen LogP contribution in [0.4, 0.5) is 5.69 Å². The molecule has 0 saturated carbocycles. The Morgan fingerprint density at radius 3 is 2.46 bits per heavy atom. The Morgan fingerprint density at radius 2 is 1.77 bits per heavy atom. The van der Waals surface area contributed by atoms with Crippen LogP contribution in [0.25, 0.3) is 11.1 Å². The number of benzene rings is 2. The number of hydrogen-bond donors (Lipinski definition) is 0. The van der Waals surface area contributed by atoms with Gasteiger partial charge in [-0.25, -0.2) is 0 Å². The third-order valence-electron chi connectivity index (χ3n) is 4.94. The lowest BCUT2D eigenvalue weighted by Crippen LogP contribution is -2.39. The molecule has 3 rings (SSSR count). The van der Waals surface area contributed by atoms with Gasteiger partial charge in [0.15, 0.2) is 0 Å². The third kappa shape index (κ3) is 3.73. The summed E-state index contributed by atoms with van der Waals surface area (Å²) in [5.41, 5.74) is 6.76. The maximum atomic E-state index is 12.9. The SMILES string of the molecule is C=C(C)C(=O)N(CCC[N+](C)(C)C)c1cccc2c1Cc1ccccc1-2. The van der Waals surface area contributed by atoms with Crippen molar-refractivity contribution in [2.45, 2.75) is 19.8 Å². The molecule has 0 bridgehead atoms. The van der Waals surface area contributed by atoms with Crippen LogP contribution in [0.3, 0.4) is 0 Å². The first kappa shape index (κ1) is 18.4. The highest BCUT2D eigenvalue weighted by molar-refractivity contribution is 6.06. The molecule has 0 spiro atoms. The van der Waals surface area contributed by atoms with Crippen molar-refractivity contribution in [1.82, 2.24) is 0 Å². The van der Waals surface area contributed by atoms with E-state index in [0.717, 1.165) is 29.6 Å². The molecule has 26 heavy (non-hydrogen) atoms. The fourth-order valence-electron chi connectivity index (χ4n) is 3.66. The first-order valence-corrected chi connectivity index (χ1v) is 9.26. The monoisotopic (exact) mass is 349 g/mol. The molecule has 0 saturated heterocycles. The minimum absolute atomic E-state index is 0.0239. The van der Waals surface area contributed by atoms with E-state index in [2.05, 4.69) is 70.2 Å². The summed E-state index contributed by atoms with van der Waals surface area (Å²) in [7, 11) is 6.55. The lowest BCUT2D eigenvalue weighted by atomic mass is 10.0. The van der Waals surface area contributed by atoms with Crippen LogP contribution in [0.1, 0.15) is 24.5 Å². The maximum absolute atomic E-state index is 12.9. The average molecular weight is 349 g/mol. The van der Waals surface area contributed by atoms with Gasteiger partial charge in [0.2, 0.25) is 0 Å². The Morgan fingerprint density at radius 1 is 1.08 bits per heavy atom. The van der Waals surface area contributed by atoms with Gasteiger partial charge in [0, 0.05) is 30.6 Å². The molecule has 136 valence electrons. The molecule has 0 aromatic heterocycles. The molecule has 0 radical (unpaired) electrons. The van der Waals surface area contributed by atoms with Gasteiger partial charge in [0.25, 0.3) is 5.91 Å². The van der Waals surface area contributed by atoms with Gasteiger partial charge in [0.05, 0.1) is 27.7 Å². The Labute approximate surface area is 157 Å². The van der Waals surface area contributed by atoms with E-state index in [1.54, 1.807) is 6.92 Å². The second-order valence-corrected chi connectivity index (χ2v) is 8.24. The maximum Gasteiger partial charge on any atom is 0.253 e. The number of carbonyl (C=O) groups is 1. The Bertz CT molecular complexity index is 846. The third-order valence-corrected chi connectivity index (χ3v) is 4.94. The van der Waals surface area contributed by atoms with Crippen LogP contribution in [-0.2, 0) is 11.2 Å². The van der Waals surface area contributed by atoms with Gasteiger partial charge in [0.1, 0.15) is 0 Å². The molecule has 3 heteroatoms. The molecular weight excluding hydrogens is 320 g/mol. The van der Waals surface area contributed by atoms with Crippen LogP contribution in [0.15, 0.2) is 54.6 Å². The van der Waals surface area contributed by atoms with Crippen LogP contribution >= 0.6 is 0 Å². The van der Waals surface area contributed by atoms with Gasteiger partial charge in [-0.05, 0) is 35.2 Å². The second-order valence-electron chi connectivity index (χ2n) is 8.24. The summed E-state index contributed by atoms with van der Waals surface area (Å²) in [6, 6.07) is 14.8. The molecule has 1 amide bonds. The van der Waals surface area contributed by atoms with Crippen LogP contribution in [-0.4, -0.2) is 44.6 Å². The molecule has 0 atom stereocenters.